The molecular weight excluding hydrogens is 252 g/mol. The predicted octanol–water partition coefficient (Wildman–Crippen LogP) is 3.50. The van der Waals surface area contributed by atoms with E-state index in [1.807, 2.05) is 45.0 Å². The van der Waals surface area contributed by atoms with Crippen LogP contribution >= 0.6 is 0 Å². The molecule has 0 aliphatic carbocycles. The molecule has 0 amide bonds. The average molecular weight is 270 g/mol. The van der Waals surface area contributed by atoms with E-state index in [1.54, 1.807) is 6.07 Å². The number of nitrogens with two attached hydrogens (primary N) is 1. The van der Waals surface area contributed by atoms with Gasteiger partial charge in [-0.25, -0.2) is 0 Å². The van der Waals surface area contributed by atoms with Gasteiger partial charge in [0.1, 0.15) is 11.5 Å². The van der Waals surface area contributed by atoms with E-state index in [1.165, 1.54) is 5.56 Å². The van der Waals surface area contributed by atoms with Crippen LogP contribution in [0.5, 0.6) is 11.5 Å². The van der Waals surface area contributed by atoms with Crippen LogP contribution in [0.3, 0.4) is 0 Å². The van der Waals surface area contributed by atoms with Crippen LogP contribution < -0.4 is 10.5 Å². The zero-order chi connectivity index (χ0) is 14.7. The molecule has 3 N–H and O–H groups in total. The van der Waals surface area contributed by atoms with Gasteiger partial charge < -0.3 is 15.7 Å². The first-order valence-corrected chi connectivity index (χ1v) is 6.35. The van der Waals surface area contributed by atoms with Crippen molar-refractivity contribution in [3.8, 4) is 11.5 Å². The standard InChI is InChI=1S/C16H18N2O2/c1-10-7-8-14(12(3)9-10)20-15-11(2)5-4-6-13(15)16(17)18-19/h4-9,19H,1-3H3,(H2,17,18). The van der Waals surface area contributed by atoms with Gasteiger partial charge in [-0.1, -0.05) is 35.0 Å². The predicted molar refractivity (Wildman–Crippen MR) is 79.7 cm³/mol. The Balaban J connectivity index is 2.48. The molecule has 0 radical (unpaired) electrons. The van der Waals surface area contributed by atoms with Crippen LogP contribution in [0.15, 0.2) is 41.6 Å². The second-order valence-electron chi connectivity index (χ2n) is 4.81. The molecule has 0 aromatic heterocycles. The van der Waals surface area contributed by atoms with Gasteiger partial charge in [0.05, 0.1) is 5.56 Å². The molecular formula is C16H18N2O2. The van der Waals surface area contributed by atoms with E-state index in [2.05, 4.69) is 11.2 Å². The average Bonchev–Trinajstić information content (AvgIpc) is 2.42. The molecule has 0 saturated heterocycles. The van der Waals surface area contributed by atoms with E-state index in [9.17, 15) is 0 Å². The second-order valence-corrected chi connectivity index (χ2v) is 4.81. The lowest BCUT2D eigenvalue weighted by Gasteiger charge is -2.15. The van der Waals surface area contributed by atoms with E-state index >= 15 is 0 Å². The fourth-order valence-corrected chi connectivity index (χ4v) is 2.07. The lowest BCUT2D eigenvalue weighted by molar-refractivity contribution is 0.318. The van der Waals surface area contributed by atoms with Crippen molar-refractivity contribution in [2.24, 2.45) is 10.9 Å². The number of benzene rings is 2. The van der Waals surface area contributed by atoms with Gasteiger partial charge >= 0.3 is 0 Å². The molecule has 20 heavy (non-hydrogen) atoms. The van der Waals surface area contributed by atoms with Crippen LogP contribution in [-0.2, 0) is 0 Å². The number of para-hydroxylation sites is 1. The van der Waals surface area contributed by atoms with Crippen LogP contribution in [0, 0.1) is 20.8 Å². The summed E-state index contributed by atoms with van der Waals surface area (Å²) in [5.41, 5.74) is 9.42. The van der Waals surface area contributed by atoms with Crippen LogP contribution in [-0.4, -0.2) is 11.0 Å². The molecule has 0 spiro atoms. The first-order chi connectivity index (χ1) is 9.52. The quantitative estimate of drug-likeness (QED) is 0.388. The molecule has 104 valence electrons. The number of nitrogens with zero attached hydrogens (tertiary/aromatic N) is 1. The van der Waals surface area contributed by atoms with Crippen LogP contribution in [0.1, 0.15) is 22.3 Å². The highest BCUT2D eigenvalue weighted by molar-refractivity contribution is 6.00. The van der Waals surface area contributed by atoms with Gasteiger partial charge in [-0.2, -0.15) is 0 Å². The fraction of sp³-hybridized carbons (Fsp3) is 0.188. The topological polar surface area (TPSA) is 67.8 Å². The highest BCUT2D eigenvalue weighted by Crippen LogP contribution is 2.31. The van der Waals surface area contributed by atoms with Crippen molar-refractivity contribution in [2.45, 2.75) is 20.8 Å². The molecule has 2 aromatic carbocycles. The first kappa shape index (κ1) is 13.9. The summed E-state index contributed by atoms with van der Waals surface area (Å²) in [5.74, 6) is 1.40. The minimum absolute atomic E-state index is 0.0356. The molecule has 0 aliphatic rings. The summed E-state index contributed by atoms with van der Waals surface area (Å²) in [6.07, 6.45) is 0. The number of amidine groups is 1. The Morgan fingerprint density at radius 1 is 1.10 bits per heavy atom. The van der Waals surface area contributed by atoms with Crippen molar-refractivity contribution in [2.75, 3.05) is 0 Å². The maximum atomic E-state index is 8.87. The molecule has 4 nitrogen and oxygen atoms in total. The van der Waals surface area contributed by atoms with Gasteiger partial charge in [-0.05, 0) is 44.0 Å². The lowest BCUT2D eigenvalue weighted by Crippen LogP contribution is -2.14. The van der Waals surface area contributed by atoms with Gasteiger partial charge in [-0.15, -0.1) is 0 Å². The van der Waals surface area contributed by atoms with Gasteiger partial charge in [-0.3, -0.25) is 0 Å². The van der Waals surface area contributed by atoms with Gasteiger partial charge in [0.2, 0.25) is 0 Å². The Morgan fingerprint density at radius 3 is 2.50 bits per heavy atom. The molecule has 0 heterocycles. The van der Waals surface area contributed by atoms with Gasteiger partial charge in [0.25, 0.3) is 0 Å². The number of oxime groups is 1. The monoisotopic (exact) mass is 270 g/mol. The number of rotatable bonds is 3. The summed E-state index contributed by atoms with van der Waals surface area (Å²) in [7, 11) is 0. The minimum atomic E-state index is 0.0356. The van der Waals surface area contributed by atoms with Crippen molar-refractivity contribution in [3.05, 3.63) is 58.7 Å². The van der Waals surface area contributed by atoms with Crippen molar-refractivity contribution >= 4 is 5.84 Å². The molecule has 4 heteroatoms. The maximum absolute atomic E-state index is 8.87. The number of aryl methyl sites for hydroxylation is 3. The summed E-state index contributed by atoms with van der Waals surface area (Å²) in [4.78, 5) is 0. The summed E-state index contributed by atoms with van der Waals surface area (Å²) < 4.78 is 5.98. The van der Waals surface area contributed by atoms with Crippen molar-refractivity contribution < 1.29 is 9.94 Å². The SMILES string of the molecule is Cc1ccc(Oc2c(C)cccc2/C(N)=N/O)c(C)c1. The van der Waals surface area contributed by atoms with E-state index in [-0.39, 0.29) is 5.84 Å². The van der Waals surface area contributed by atoms with E-state index in [4.69, 9.17) is 15.7 Å². The first-order valence-electron chi connectivity index (χ1n) is 6.35. The Kier molecular flexibility index (Phi) is 3.94. The molecule has 0 bridgehead atoms. The summed E-state index contributed by atoms with van der Waals surface area (Å²) >= 11 is 0. The van der Waals surface area contributed by atoms with E-state index < -0.39 is 0 Å². The highest BCUT2D eigenvalue weighted by atomic mass is 16.5. The smallest absolute Gasteiger partial charge is 0.173 e. The summed E-state index contributed by atoms with van der Waals surface area (Å²) in [5, 5.41) is 11.9. The fourth-order valence-electron chi connectivity index (χ4n) is 2.07. The second kappa shape index (κ2) is 5.65. The van der Waals surface area contributed by atoms with Gasteiger partial charge in [0.15, 0.2) is 5.84 Å². The molecule has 2 rings (SSSR count). The lowest BCUT2D eigenvalue weighted by atomic mass is 10.1. The third-order valence-electron chi connectivity index (χ3n) is 3.14. The van der Waals surface area contributed by atoms with Crippen LogP contribution in [0.4, 0.5) is 0 Å². The van der Waals surface area contributed by atoms with Crippen LogP contribution in [0.25, 0.3) is 0 Å². The van der Waals surface area contributed by atoms with Gasteiger partial charge in [0, 0.05) is 0 Å². The number of ether oxygens (including phenoxy) is 1. The van der Waals surface area contributed by atoms with Crippen molar-refractivity contribution in [3.63, 3.8) is 0 Å². The number of hydrogen-bond acceptors (Lipinski definition) is 3. The molecule has 0 unspecified atom stereocenters. The minimum Gasteiger partial charge on any atom is -0.456 e. The summed E-state index contributed by atoms with van der Waals surface area (Å²) in [6.45, 7) is 5.95. The van der Waals surface area contributed by atoms with Crippen molar-refractivity contribution in [1.82, 2.24) is 0 Å². The summed E-state index contributed by atoms with van der Waals surface area (Å²) in [6, 6.07) is 11.5. The maximum Gasteiger partial charge on any atom is 0.173 e. The Hall–Kier alpha value is -2.49. The Morgan fingerprint density at radius 2 is 1.85 bits per heavy atom. The zero-order valence-corrected chi connectivity index (χ0v) is 11.8. The Labute approximate surface area is 118 Å². The normalized spacial score (nSPS) is 11.4. The number of hydrogen-bond donors (Lipinski definition) is 2. The third kappa shape index (κ3) is 2.74. The highest BCUT2D eigenvalue weighted by Gasteiger charge is 2.13. The Bertz CT molecular complexity index is 664. The van der Waals surface area contributed by atoms with E-state index in [0.717, 1.165) is 16.9 Å². The molecule has 0 aliphatic heterocycles. The molecule has 0 atom stereocenters. The third-order valence-corrected chi connectivity index (χ3v) is 3.14. The molecule has 2 aromatic rings. The molecule has 0 saturated carbocycles. The van der Waals surface area contributed by atoms with Crippen LogP contribution in [0.2, 0.25) is 0 Å². The zero-order valence-electron chi connectivity index (χ0n) is 11.8. The van der Waals surface area contributed by atoms with Crippen molar-refractivity contribution in [1.29, 1.82) is 0 Å². The largest absolute Gasteiger partial charge is 0.456 e. The molecule has 0 fully saturated rings. The van der Waals surface area contributed by atoms with E-state index in [0.29, 0.717) is 11.3 Å².